The van der Waals surface area contributed by atoms with Gasteiger partial charge in [0, 0.05) is 17.1 Å². The summed E-state index contributed by atoms with van der Waals surface area (Å²) in [7, 11) is 0. The topological polar surface area (TPSA) is 59.5 Å². The van der Waals surface area contributed by atoms with Crippen molar-refractivity contribution >= 4 is 28.5 Å². The summed E-state index contributed by atoms with van der Waals surface area (Å²) in [5.41, 5.74) is 3.59. The van der Waals surface area contributed by atoms with Crippen LogP contribution in [-0.2, 0) is 16.0 Å². The quantitative estimate of drug-likeness (QED) is 0.572. The summed E-state index contributed by atoms with van der Waals surface area (Å²) in [6.45, 7) is 7.39. The van der Waals surface area contributed by atoms with Crippen LogP contribution in [0.2, 0.25) is 0 Å². The van der Waals surface area contributed by atoms with Crippen LogP contribution >= 0.6 is 0 Å². The molecule has 3 rings (SSSR count). The molecule has 0 spiro atoms. The lowest BCUT2D eigenvalue weighted by molar-refractivity contribution is -0.122. The zero-order valence-electron chi connectivity index (χ0n) is 17.3. The highest BCUT2D eigenvalue weighted by atomic mass is 16.5. The molecular formula is C24H26N2O3. The first-order chi connectivity index (χ1) is 13.9. The second-order valence-electron chi connectivity index (χ2n) is 7.20. The van der Waals surface area contributed by atoms with E-state index in [1.807, 2.05) is 82.3 Å². The molecule has 1 amide bonds. The number of fused-ring (bicyclic) bond motifs is 1. The number of benzene rings is 2. The fourth-order valence-electron chi connectivity index (χ4n) is 3.56. The van der Waals surface area contributed by atoms with Crippen molar-refractivity contribution in [1.82, 2.24) is 4.98 Å². The first-order valence-corrected chi connectivity index (χ1v) is 9.86. The van der Waals surface area contributed by atoms with Gasteiger partial charge in [0.15, 0.2) is 6.61 Å². The maximum Gasteiger partial charge on any atom is 0.340 e. The Morgan fingerprint density at radius 3 is 2.34 bits per heavy atom. The molecule has 0 unspecified atom stereocenters. The molecule has 0 aliphatic rings. The van der Waals surface area contributed by atoms with Crippen molar-refractivity contribution in [2.24, 2.45) is 0 Å². The van der Waals surface area contributed by atoms with E-state index in [9.17, 15) is 9.59 Å². The van der Waals surface area contributed by atoms with E-state index < -0.39 is 5.97 Å². The van der Waals surface area contributed by atoms with Gasteiger partial charge in [-0.05, 0) is 51.0 Å². The van der Waals surface area contributed by atoms with Gasteiger partial charge in [-0.3, -0.25) is 9.78 Å². The zero-order chi connectivity index (χ0) is 21.0. The van der Waals surface area contributed by atoms with Gasteiger partial charge < -0.3 is 9.64 Å². The minimum absolute atomic E-state index is 0.0566. The molecule has 0 saturated carbocycles. The summed E-state index contributed by atoms with van der Waals surface area (Å²) >= 11 is 0. The SMILES string of the molecule is CCc1nc2ccccc2c(C)c1C(=O)OCC(=O)N(c1ccccc1)C(C)C. The third-order valence-corrected chi connectivity index (χ3v) is 4.91. The maximum atomic E-state index is 12.9. The molecule has 2 aromatic carbocycles. The van der Waals surface area contributed by atoms with Crippen molar-refractivity contribution in [3.63, 3.8) is 0 Å². The number of carbonyl (C=O) groups is 2. The van der Waals surface area contributed by atoms with E-state index in [-0.39, 0.29) is 18.6 Å². The van der Waals surface area contributed by atoms with Gasteiger partial charge in [-0.2, -0.15) is 0 Å². The largest absolute Gasteiger partial charge is 0.452 e. The molecular weight excluding hydrogens is 364 g/mol. The summed E-state index contributed by atoms with van der Waals surface area (Å²) in [5, 5.41) is 0.913. The molecule has 1 heterocycles. The standard InChI is InChI=1S/C24H26N2O3/c1-5-20-23(17(4)19-13-9-10-14-21(19)25-20)24(28)29-15-22(27)26(16(2)3)18-11-7-6-8-12-18/h6-14,16H,5,15H2,1-4H3. The number of nitrogens with zero attached hydrogens (tertiary/aromatic N) is 2. The molecule has 0 aliphatic heterocycles. The average Bonchev–Trinajstić information content (AvgIpc) is 2.72. The van der Waals surface area contributed by atoms with Crippen LogP contribution in [0.5, 0.6) is 0 Å². The fourth-order valence-corrected chi connectivity index (χ4v) is 3.56. The number of esters is 1. The van der Waals surface area contributed by atoms with Gasteiger partial charge in [0.2, 0.25) is 0 Å². The minimum atomic E-state index is -0.511. The van der Waals surface area contributed by atoms with Crippen molar-refractivity contribution in [3.8, 4) is 0 Å². The van der Waals surface area contributed by atoms with E-state index >= 15 is 0 Å². The molecule has 150 valence electrons. The van der Waals surface area contributed by atoms with E-state index in [0.717, 1.165) is 22.2 Å². The molecule has 0 atom stereocenters. The van der Waals surface area contributed by atoms with Crippen LogP contribution in [0.25, 0.3) is 10.9 Å². The van der Waals surface area contributed by atoms with Crippen molar-refractivity contribution in [2.45, 2.75) is 40.2 Å². The number of pyridine rings is 1. The second kappa shape index (κ2) is 8.86. The predicted molar refractivity (Wildman–Crippen MR) is 115 cm³/mol. The van der Waals surface area contributed by atoms with Crippen molar-refractivity contribution in [2.75, 3.05) is 11.5 Å². The van der Waals surface area contributed by atoms with E-state index in [4.69, 9.17) is 4.74 Å². The highest BCUT2D eigenvalue weighted by Crippen LogP contribution is 2.24. The number of hydrogen-bond acceptors (Lipinski definition) is 4. The number of aromatic nitrogens is 1. The molecule has 0 aliphatic carbocycles. The molecule has 29 heavy (non-hydrogen) atoms. The summed E-state index contributed by atoms with van der Waals surface area (Å²) in [6, 6.07) is 17.0. The van der Waals surface area contributed by atoms with Gasteiger partial charge in [-0.1, -0.05) is 43.3 Å². The minimum Gasteiger partial charge on any atom is -0.452 e. The van der Waals surface area contributed by atoms with Crippen molar-refractivity contribution in [1.29, 1.82) is 0 Å². The predicted octanol–water partition coefficient (Wildman–Crippen LogP) is 4.70. The van der Waals surface area contributed by atoms with Crippen LogP contribution in [-0.4, -0.2) is 29.5 Å². The number of aryl methyl sites for hydroxylation is 2. The van der Waals surface area contributed by atoms with Crippen LogP contribution in [0.3, 0.4) is 0 Å². The van der Waals surface area contributed by atoms with Gasteiger partial charge >= 0.3 is 5.97 Å². The molecule has 0 bridgehead atoms. The second-order valence-corrected chi connectivity index (χ2v) is 7.20. The molecule has 5 nitrogen and oxygen atoms in total. The molecule has 5 heteroatoms. The van der Waals surface area contributed by atoms with E-state index in [0.29, 0.717) is 17.7 Å². The van der Waals surface area contributed by atoms with Crippen LogP contribution in [0, 0.1) is 6.92 Å². The molecule has 0 fully saturated rings. The first kappa shape index (κ1) is 20.5. The Hall–Kier alpha value is -3.21. The Morgan fingerprint density at radius 2 is 1.69 bits per heavy atom. The molecule has 0 N–H and O–H groups in total. The van der Waals surface area contributed by atoms with E-state index in [2.05, 4.69) is 4.98 Å². The Balaban J connectivity index is 1.83. The number of amides is 1. The lowest BCUT2D eigenvalue weighted by Crippen LogP contribution is -2.40. The summed E-state index contributed by atoms with van der Waals surface area (Å²) in [6.07, 6.45) is 0.603. The Kier molecular flexibility index (Phi) is 6.27. The number of hydrogen-bond donors (Lipinski definition) is 0. The Labute approximate surface area is 171 Å². The summed E-state index contributed by atoms with van der Waals surface area (Å²) in [4.78, 5) is 32.0. The van der Waals surface area contributed by atoms with Crippen molar-refractivity contribution in [3.05, 3.63) is 71.4 Å². The van der Waals surface area contributed by atoms with Gasteiger partial charge in [0.25, 0.3) is 5.91 Å². The number of rotatable bonds is 6. The van der Waals surface area contributed by atoms with E-state index in [1.165, 1.54) is 0 Å². The van der Waals surface area contributed by atoms with Gasteiger partial charge in [-0.25, -0.2) is 4.79 Å². The monoisotopic (exact) mass is 390 g/mol. The third-order valence-electron chi connectivity index (χ3n) is 4.91. The summed E-state index contributed by atoms with van der Waals surface area (Å²) < 4.78 is 5.44. The van der Waals surface area contributed by atoms with Gasteiger partial charge in [0.1, 0.15) is 0 Å². The maximum absolute atomic E-state index is 12.9. The van der Waals surface area contributed by atoms with Crippen LogP contribution in [0.15, 0.2) is 54.6 Å². The number of para-hydroxylation sites is 2. The van der Waals surface area contributed by atoms with Gasteiger partial charge in [0.05, 0.1) is 16.8 Å². The highest BCUT2D eigenvalue weighted by molar-refractivity contribution is 6.00. The third kappa shape index (κ3) is 4.29. The average molecular weight is 390 g/mol. The molecule has 0 radical (unpaired) electrons. The lowest BCUT2D eigenvalue weighted by atomic mass is 10.0. The number of anilines is 1. The van der Waals surface area contributed by atoms with Gasteiger partial charge in [-0.15, -0.1) is 0 Å². The first-order valence-electron chi connectivity index (χ1n) is 9.86. The summed E-state index contributed by atoms with van der Waals surface area (Å²) in [5.74, 6) is -0.772. The van der Waals surface area contributed by atoms with E-state index in [1.54, 1.807) is 4.90 Å². The molecule has 3 aromatic rings. The zero-order valence-corrected chi connectivity index (χ0v) is 17.3. The van der Waals surface area contributed by atoms with Crippen LogP contribution < -0.4 is 4.90 Å². The molecule has 0 saturated heterocycles. The van der Waals surface area contributed by atoms with Crippen LogP contribution in [0.1, 0.15) is 42.4 Å². The highest BCUT2D eigenvalue weighted by Gasteiger charge is 2.23. The van der Waals surface area contributed by atoms with Crippen LogP contribution in [0.4, 0.5) is 5.69 Å². The molecule has 1 aromatic heterocycles. The Bertz CT molecular complexity index is 1030. The van der Waals surface area contributed by atoms with Crippen molar-refractivity contribution < 1.29 is 14.3 Å². The normalized spacial score (nSPS) is 10.9. The number of carbonyl (C=O) groups excluding carboxylic acids is 2. The number of ether oxygens (including phenoxy) is 1. The smallest absolute Gasteiger partial charge is 0.340 e. The Morgan fingerprint density at radius 1 is 1.03 bits per heavy atom. The fraction of sp³-hybridized carbons (Fsp3) is 0.292. The lowest BCUT2D eigenvalue weighted by Gasteiger charge is -2.26.